The molecule has 3 heterocycles. The van der Waals surface area contributed by atoms with E-state index in [9.17, 15) is 9.59 Å². The zero-order chi connectivity index (χ0) is 22.5. The molecule has 1 aliphatic carbocycles. The molecule has 2 aromatic heterocycles. The highest BCUT2D eigenvalue weighted by molar-refractivity contribution is 7.10. The second-order valence-electron chi connectivity index (χ2n) is 8.39. The number of carbonyl (C=O) groups excluding carboxylic acids is 1. The summed E-state index contributed by atoms with van der Waals surface area (Å²) in [6.45, 7) is 0. The Balaban J connectivity index is 1.55. The van der Waals surface area contributed by atoms with Gasteiger partial charge in [0.1, 0.15) is 11.6 Å². The summed E-state index contributed by atoms with van der Waals surface area (Å²) < 4.78 is 16.5. The molecule has 33 heavy (non-hydrogen) atoms. The van der Waals surface area contributed by atoms with Crippen molar-refractivity contribution in [2.75, 3.05) is 5.32 Å². The normalized spacial score (nSPS) is 19.7. The van der Waals surface area contributed by atoms with Crippen molar-refractivity contribution in [1.29, 1.82) is 0 Å². The van der Waals surface area contributed by atoms with Crippen molar-refractivity contribution in [2.24, 2.45) is 0 Å². The maximum atomic E-state index is 15.0. The number of Topliss-reactive ketones (excluding diaryl/α,β-unsaturated/α-hetero) is 1. The fraction of sp³-hybridized carbons (Fsp3) is 0.154. The molecule has 0 fully saturated rings. The van der Waals surface area contributed by atoms with Crippen LogP contribution in [0.2, 0.25) is 0 Å². The quantitative estimate of drug-likeness (QED) is 0.437. The van der Waals surface area contributed by atoms with Crippen LogP contribution in [-0.4, -0.2) is 15.6 Å². The summed E-state index contributed by atoms with van der Waals surface area (Å²) in [7, 11) is 0. The van der Waals surface area contributed by atoms with Crippen molar-refractivity contribution in [2.45, 2.75) is 24.7 Å². The lowest BCUT2D eigenvalue weighted by Crippen LogP contribution is -2.32. The van der Waals surface area contributed by atoms with E-state index in [0.29, 0.717) is 41.0 Å². The third-order valence-corrected chi connectivity index (χ3v) is 7.50. The number of anilines is 1. The number of benzene rings is 2. The van der Waals surface area contributed by atoms with E-state index in [4.69, 9.17) is 0 Å². The third kappa shape index (κ3) is 3.19. The second-order valence-corrected chi connectivity index (χ2v) is 9.37. The van der Waals surface area contributed by atoms with E-state index in [1.807, 2.05) is 47.8 Å². The molecule has 0 bridgehead atoms. The summed E-state index contributed by atoms with van der Waals surface area (Å²) >= 11 is 1.64. The lowest BCUT2D eigenvalue weighted by Gasteiger charge is -2.34. The number of fused-ring (bicyclic) bond motifs is 1. The van der Waals surface area contributed by atoms with E-state index in [1.165, 1.54) is 10.7 Å². The fourth-order valence-corrected chi connectivity index (χ4v) is 5.83. The molecule has 164 valence electrons. The van der Waals surface area contributed by atoms with Gasteiger partial charge in [-0.05, 0) is 36.1 Å². The minimum Gasteiger partial charge on any atom is -0.343 e. The Hall–Kier alpha value is -3.71. The van der Waals surface area contributed by atoms with Crippen LogP contribution in [-0.2, 0) is 4.79 Å². The molecule has 0 spiro atoms. The van der Waals surface area contributed by atoms with Crippen molar-refractivity contribution < 1.29 is 9.18 Å². The molecule has 2 aromatic carbocycles. The minimum atomic E-state index is -0.761. The van der Waals surface area contributed by atoms with Gasteiger partial charge in [-0.1, -0.05) is 42.5 Å². The SMILES string of the molecule is O=C1C[C@@H](c2cccs2)CC2=C1[C@H](c1ccccc1F)c1c([nH]n(-c3ccccc3)c1=O)N2. The van der Waals surface area contributed by atoms with Crippen molar-refractivity contribution in [1.82, 2.24) is 9.78 Å². The van der Waals surface area contributed by atoms with Crippen molar-refractivity contribution in [3.8, 4) is 5.69 Å². The molecule has 7 heteroatoms. The molecular formula is C26H20FN3O2S. The van der Waals surface area contributed by atoms with Crippen molar-refractivity contribution in [3.05, 3.63) is 116 Å². The lowest BCUT2D eigenvalue weighted by molar-refractivity contribution is -0.116. The number of H-pyrrole nitrogens is 1. The maximum Gasteiger partial charge on any atom is 0.277 e. The van der Waals surface area contributed by atoms with E-state index in [2.05, 4.69) is 10.4 Å². The van der Waals surface area contributed by atoms with E-state index in [0.717, 1.165) is 10.6 Å². The average Bonchev–Trinajstić information content (AvgIpc) is 3.47. The van der Waals surface area contributed by atoms with E-state index >= 15 is 4.39 Å². The number of aromatic nitrogens is 2. The standard InChI is InChI=1S/C26H20FN3O2S/c27-18-10-5-4-9-17(18)22-23-19(13-15(14-20(23)31)21-11-6-12-33-21)28-25-24(22)26(32)30(29-25)16-7-2-1-3-8-16/h1-12,15,22,28-29H,13-14H2/t15-,22-/m0/s1. The van der Waals surface area contributed by atoms with Gasteiger partial charge in [0.25, 0.3) is 5.56 Å². The smallest absolute Gasteiger partial charge is 0.277 e. The Morgan fingerprint density at radius 1 is 0.939 bits per heavy atom. The highest BCUT2D eigenvalue weighted by Gasteiger charge is 2.42. The Labute approximate surface area is 193 Å². The van der Waals surface area contributed by atoms with Gasteiger partial charge in [-0.3, -0.25) is 14.7 Å². The molecule has 1 aliphatic heterocycles. The summed E-state index contributed by atoms with van der Waals surface area (Å²) in [5, 5.41) is 8.51. The largest absolute Gasteiger partial charge is 0.343 e. The van der Waals surface area contributed by atoms with Gasteiger partial charge in [0.2, 0.25) is 0 Å². The summed E-state index contributed by atoms with van der Waals surface area (Å²) in [6.07, 6.45) is 0.975. The molecule has 0 saturated carbocycles. The molecule has 6 rings (SSSR count). The number of halogens is 1. The highest BCUT2D eigenvalue weighted by atomic mass is 32.1. The zero-order valence-corrected chi connectivity index (χ0v) is 18.4. The average molecular weight is 458 g/mol. The number of carbonyl (C=O) groups is 1. The first-order valence-corrected chi connectivity index (χ1v) is 11.7. The summed E-state index contributed by atoms with van der Waals surface area (Å²) in [5.74, 6) is -0.664. The van der Waals surface area contributed by atoms with Gasteiger partial charge >= 0.3 is 0 Å². The summed E-state index contributed by atoms with van der Waals surface area (Å²) in [4.78, 5) is 28.2. The number of hydrogen-bond acceptors (Lipinski definition) is 4. The van der Waals surface area contributed by atoms with Crippen LogP contribution in [0.25, 0.3) is 5.69 Å². The van der Waals surface area contributed by atoms with Crippen LogP contribution in [0.15, 0.2) is 88.2 Å². The first kappa shape index (κ1) is 19.9. The number of aromatic amines is 1. The first-order valence-electron chi connectivity index (χ1n) is 10.8. The number of hydrogen-bond donors (Lipinski definition) is 2. The summed E-state index contributed by atoms with van der Waals surface area (Å²) in [5.41, 5.74) is 2.34. The minimum absolute atomic E-state index is 0.0482. The Bertz CT molecular complexity index is 1450. The van der Waals surface area contributed by atoms with Gasteiger partial charge in [0, 0.05) is 34.0 Å². The Morgan fingerprint density at radius 3 is 2.48 bits per heavy atom. The second kappa shape index (κ2) is 7.71. The van der Waals surface area contributed by atoms with Gasteiger partial charge in [0.05, 0.1) is 17.2 Å². The van der Waals surface area contributed by atoms with Gasteiger partial charge in [0.15, 0.2) is 5.78 Å². The monoisotopic (exact) mass is 457 g/mol. The fourth-order valence-electron chi connectivity index (χ4n) is 5.00. The van der Waals surface area contributed by atoms with Crippen LogP contribution >= 0.6 is 11.3 Å². The number of ketones is 1. The molecule has 5 nitrogen and oxygen atoms in total. The molecule has 4 aromatic rings. The Kier molecular flexibility index (Phi) is 4.66. The van der Waals surface area contributed by atoms with Crippen LogP contribution in [0.4, 0.5) is 10.2 Å². The number of para-hydroxylation sites is 1. The molecule has 0 radical (unpaired) electrons. The number of allylic oxidation sites excluding steroid dienone is 2. The molecule has 2 atom stereocenters. The van der Waals surface area contributed by atoms with Crippen LogP contribution in [0.5, 0.6) is 0 Å². The van der Waals surface area contributed by atoms with Gasteiger partial charge < -0.3 is 5.32 Å². The van der Waals surface area contributed by atoms with Gasteiger partial charge in [-0.2, -0.15) is 0 Å². The molecule has 0 unspecified atom stereocenters. The number of thiophene rings is 1. The molecule has 0 amide bonds. The predicted molar refractivity (Wildman–Crippen MR) is 127 cm³/mol. The molecule has 2 N–H and O–H groups in total. The number of nitrogens with zero attached hydrogens (tertiary/aromatic N) is 1. The van der Waals surface area contributed by atoms with E-state index in [1.54, 1.807) is 29.5 Å². The summed E-state index contributed by atoms with van der Waals surface area (Å²) in [6, 6.07) is 19.7. The highest BCUT2D eigenvalue weighted by Crippen LogP contribution is 2.47. The predicted octanol–water partition coefficient (Wildman–Crippen LogP) is 5.32. The van der Waals surface area contributed by atoms with Gasteiger partial charge in [-0.25, -0.2) is 9.07 Å². The number of rotatable bonds is 3. The van der Waals surface area contributed by atoms with Crippen LogP contribution in [0.3, 0.4) is 0 Å². The lowest BCUT2D eigenvalue weighted by atomic mass is 9.74. The van der Waals surface area contributed by atoms with Gasteiger partial charge in [-0.15, -0.1) is 11.3 Å². The van der Waals surface area contributed by atoms with Crippen LogP contribution < -0.4 is 10.9 Å². The van der Waals surface area contributed by atoms with E-state index < -0.39 is 11.7 Å². The first-order chi connectivity index (χ1) is 16.1. The zero-order valence-electron chi connectivity index (χ0n) is 17.5. The van der Waals surface area contributed by atoms with Crippen molar-refractivity contribution >= 4 is 22.9 Å². The molecule has 0 saturated heterocycles. The van der Waals surface area contributed by atoms with Crippen LogP contribution in [0, 0.1) is 5.82 Å². The van der Waals surface area contributed by atoms with E-state index in [-0.39, 0.29) is 17.3 Å². The van der Waals surface area contributed by atoms with Crippen molar-refractivity contribution in [3.63, 3.8) is 0 Å². The van der Waals surface area contributed by atoms with Crippen LogP contribution in [0.1, 0.15) is 40.7 Å². The Morgan fingerprint density at radius 2 is 1.73 bits per heavy atom. The molecular weight excluding hydrogens is 437 g/mol. The number of nitrogens with one attached hydrogen (secondary N) is 2. The molecule has 2 aliphatic rings. The topological polar surface area (TPSA) is 66.9 Å². The third-order valence-electron chi connectivity index (χ3n) is 6.46. The maximum absolute atomic E-state index is 15.0.